The van der Waals surface area contributed by atoms with Crippen LogP contribution in [0.3, 0.4) is 0 Å². The monoisotopic (exact) mass is 239 g/mol. The van der Waals surface area contributed by atoms with E-state index in [4.69, 9.17) is 0 Å². The van der Waals surface area contributed by atoms with Gasteiger partial charge in [-0.05, 0) is 78.3 Å². The topological polar surface area (TPSA) is 18.5 Å². The summed E-state index contributed by atoms with van der Waals surface area (Å²) in [5.74, 6) is 0.951. The van der Waals surface area contributed by atoms with Crippen molar-refractivity contribution in [3.8, 4) is 0 Å². The summed E-state index contributed by atoms with van der Waals surface area (Å²) in [4.78, 5) is 5.31. The molecule has 2 aliphatic rings. The van der Waals surface area contributed by atoms with Crippen molar-refractivity contribution in [3.05, 3.63) is 0 Å². The van der Waals surface area contributed by atoms with E-state index in [0.29, 0.717) is 0 Å². The van der Waals surface area contributed by atoms with E-state index in [9.17, 15) is 0 Å². The predicted molar refractivity (Wildman–Crippen MR) is 73.4 cm³/mol. The molecule has 0 aromatic rings. The first-order chi connectivity index (χ1) is 8.31. The van der Waals surface area contributed by atoms with Crippen molar-refractivity contribution in [3.63, 3.8) is 0 Å². The lowest BCUT2D eigenvalue weighted by atomic mass is 9.84. The normalized spacial score (nSPS) is 31.4. The summed E-state index contributed by atoms with van der Waals surface area (Å²) >= 11 is 0. The van der Waals surface area contributed by atoms with Gasteiger partial charge in [-0.2, -0.15) is 0 Å². The van der Waals surface area contributed by atoms with Gasteiger partial charge in [-0.25, -0.2) is 0 Å². The first-order valence-electron chi connectivity index (χ1n) is 7.38. The van der Waals surface area contributed by atoms with Gasteiger partial charge in [-0.3, -0.25) is 0 Å². The van der Waals surface area contributed by atoms with Crippen LogP contribution in [0, 0.1) is 5.92 Å². The number of unbranched alkanes of at least 4 members (excludes halogenated alkanes) is 1. The van der Waals surface area contributed by atoms with Crippen LogP contribution in [0.25, 0.3) is 0 Å². The van der Waals surface area contributed by atoms with Crippen molar-refractivity contribution in [2.24, 2.45) is 5.92 Å². The largest absolute Gasteiger partial charge is 0.320 e. The van der Waals surface area contributed by atoms with Gasteiger partial charge in [0, 0.05) is 12.6 Å². The molecule has 0 aliphatic carbocycles. The molecule has 3 heteroatoms. The van der Waals surface area contributed by atoms with Gasteiger partial charge in [0.15, 0.2) is 0 Å². The van der Waals surface area contributed by atoms with Gasteiger partial charge >= 0.3 is 0 Å². The second-order valence-corrected chi connectivity index (χ2v) is 5.85. The molecule has 0 bridgehead atoms. The Hall–Kier alpha value is -0.120. The SMILES string of the molecule is CNCCCCN1CCC2C(CCCN2C)C1. The first-order valence-corrected chi connectivity index (χ1v) is 7.38. The summed E-state index contributed by atoms with van der Waals surface area (Å²) in [5, 5.41) is 3.23. The lowest BCUT2D eigenvalue weighted by molar-refractivity contribution is 0.0381. The molecule has 2 rings (SSSR count). The zero-order chi connectivity index (χ0) is 12.1. The van der Waals surface area contributed by atoms with E-state index in [0.717, 1.165) is 12.0 Å². The smallest absolute Gasteiger partial charge is 0.0145 e. The Bertz CT molecular complexity index is 220. The lowest BCUT2D eigenvalue weighted by Gasteiger charge is -2.46. The van der Waals surface area contributed by atoms with Gasteiger partial charge in [-0.15, -0.1) is 0 Å². The van der Waals surface area contributed by atoms with E-state index in [1.54, 1.807) is 0 Å². The average Bonchev–Trinajstić information content (AvgIpc) is 2.35. The lowest BCUT2D eigenvalue weighted by Crippen LogP contribution is -2.52. The molecule has 0 saturated carbocycles. The number of hydrogen-bond donors (Lipinski definition) is 1. The van der Waals surface area contributed by atoms with E-state index in [1.165, 1.54) is 64.8 Å². The minimum atomic E-state index is 0.886. The highest BCUT2D eigenvalue weighted by Gasteiger charge is 2.33. The third-order valence-corrected chi connectivity index (χ3v) is 4.58. The maximum Gasteiger partial charge on any atom is 0.0145 e. The highest BCUT2D eigenvalue weighted by atomic mass is 15.2. The zero-order valence-electron chi connectivity index (χ0n) is 11.6. The fourth-order valence-electron chi connectivity index (χ4n) is 3.57. The maximum absolute atomic E-state index is 3.23. The van der Waals surface area contributed by atoms with Gasteiger partial charge in [0.1, 0.15) is 0 Å². The van der Waals surface area contributed by atoms with Gasteiger partial charge in [0.05, 0.1) is 0 Å². The summed E-state index contributed by atoms with van der Waals surface area (Å²) in [5.41, 5.74) is 0. The number of piperidine rings is 2. The van der Waals surface area contributed by atoms with Crippen molar-refractivity contribution >= 4 is 0 Å². The minimum Gasteiger partial charge on any atom is -0.320 e. The van der Waals surface area contributed by atoms with Crippen LogP contribution in [0.1, 0.15) is 32.1 Å². The standard InChI is InChI=1S/C14H29N3/c1-15-8-3-4-10-17-11-7-14-13(12-17)6-5-9-16(14)2/h13-15H,3-12H2,1-2H3. The minimum absolute atomic E-state index is 0.886. The quantitative estimate of drug-likeness (QED) is 0.732. The van der Waals surface area contributed by atoms with Crippen LogP contribution in [0.15, 0.2) is 0 Å². The molecule has 3 nitrogen and oxygen atoms in total. The average molecular weight is 239 g/mol. The summed E-state index contributed by atoms with van der Waals surface area (Å²) in [6.45, 7) is 6.49. The Morgan fingerprint density at radius 2 is 2.06 bits per heavy atom. The fraction of sp³-hybridized carbons (Fsp3) is 1.00. The number of nitrogens with one attached hydrogen (secondary N) is 1. The summed E-state index contributed by atoms with van der Waals surface area (Å²) < 4.78 is 0. The van der Waals surface area contributed by atoms with Crippen LogP contribution < -0.4 is 5.32 Å². The molecule has 0 aromatic carbocycles. The summed E-state index contributed by atoms with van der Waals surface area (Å²) in [6.07, 6.45) is 6.94. The number of likely N-dealkylation sites (tertiary alicyclic amines) is 2. The van der Waals surface area contributed by atoms with E-state index in [2.05, 4.69) is 22.2 Å². The maximum atomic E-state index is 3.23. The second-order valence-electron chi connectivity index (χ2n) is 5.85. The van der Waals surface area contributed by atoms with E-state index in [-0.39, 0.29) is 0 Å². The molecular weight excluding hydrogens is 210 g/mol. The molecule has 17 heavy (non-hydrogen) atoms. The van der Waals surface area contributed by atoms with Crippen LogP contribution >= 0.6 is 0 Å². The Balaban J connectivity index is 1.70. The van der Waals surface area contributed by atoms with E-state index >= 15 is 0 Å². The molecular formula is C14H29N3. The Kier molecular flexibility index (Phi) is 5.26. The van der Waals surface area contributed by atoms with E-state index in [1.807, 2.05) is 7.05 Å². The molecule has 2 atom stereocenters. The third kappa shape index (κ3) is 3.67. The highest BCUT2D eigenvalue weighted by molar-refractivity contribution is 4.89. The molecule has 0 radical (unpaired) electrons. The molecule has 0 aromatic heterocycles. The number of rotatable bonds is 5. The van der Waals surface area contributed by atoms with Crippen molar-refractivity contribution < 1.29 is 0 Å². The van der Waals surface area contributed by atoms with Crippen LogP contribution in [0.5, 0.6) is 0 Å². The van der Waals surface area contributed by atoms with Crippen LogP contribution in [-0.2, 0) is 0 Å². The molecule has 0 amide bonds. The summed E-state index contributed by atoms with van der Waals surface area (Å²) in [6, 6.07) is 0.886. The van der Waals surface area contributed by atoms with Crippen molar-refractivity contribution in [2.45, 2.75) is 38.1 Å². The van der Waals surface area contributed by atoms with Gasteiger partial charge in [-0.1, -0.05) is 0 Å². The molecule has 1 N–H and O–H groups in total. The molecule has 2 unspecified atom stereocenters. The summed E-state index contributed by atoms with van der Waals surface area (Å²) in [7, 11) is 4.36. The van der Waals surface area contributed by atoms with Gasteiger partial charge < -0.3 is 15.1 Å². The Morgan fingerprint density at radius 1 is 1.18 bits per heavy atom. The second kappa shape index (κ2) is 6.72. The first kappa shape index (κ1) is 13.3. The Labute approximate surface area is 107 Å². The molecule has 0 spiro atoms. The molecule has 2 aliphatic heterocycles. The molecule has 2 fully saturated rings. The number of nitrogens with zero attached hydrogens (tertiary/aromatic N) is 2. The molecule has 100 valence electrons. The van der Waals surface area contributed by atoms with Crippen molar-refractivity contribution in [1.82, 2.24) is 15.1 Å². The van der Waals surface area contributed by atoms with Crippen LogP contribution in [0.4, 0.5) is 0 Å². The number of fused-ring (bicyclic) bond motifs is 1. The molecule has 2 saturated heterocycles. The van der Waals surface area contributed by atoms with E-state index < -0.39 is 0 Å². The van der Waals surface area contributed by atoms with Crippen LogP contribution in [0.2, 0.25) is 0 Å². The van der Waals surface area contributed by atoms with Gasteiger partial charge in [0.25, 0.3) is 0 Å². The Morgan fingerprint density at radius 3 is 2.88 bits per heavy atom. The highest BCUT2D eigenvalue weighted by Crippen LogP contribution is 2.29. The third-order valence-electron chi connectivity index (χ3n) is 4.58. The molecule has 2 heterocycles. The van der Waals surface area contributed by atoms with Crippen LogP contribution in [-0.4, -0.2) is 62.7 Å². The van der Waals surface area contributed by atoms with Crippen molar-refractivity contribution in [2.75, 3.05) is 46.8 Å². The zero-order valence-corrected chi connectivity index (χ0v) is 11.6. The fourth-order valence-corrected chi connectivity index (χ4v) is 3.57. The van der Waals surface area contributed by atoms with Crippen molar-refractivity contribution in [1.29, 1.82) is 0 Å². The number of hydrogen-bond acceptors (Lipinski definition) is 3. The van der Waals surface area contributed by atoms with Gasteiger partial charge in [0.2, 0.25) is 0 Å². The predicted octanol–water partition coefficient (Wildman–Crippen LogP) is 1.40.